The molecule has 0 bridgehead atoms. The molecule has 2 aromatic heterocycles. The van der Waals surface area contributed by atoms with E-state index in [1.54, 1.807) is 17.7 Å². The third kappa shape index (κ3) is 3.59. The van der Waals surface area contributed by atoms with E-state index in [1.165, 1.54) is 5.56 Å². The fourth-order valence-corrected chi connectivity index (χ4v) is 2.76. The van der Waals surface area contributed by atoms with Crippen molar-refractivity contribution in [2.24, 2.45) is 0 Å². The zero-order valence-corrected chi connectivity index (χ0v) is 12.4. The molecule has 0 unspecified atom stereocenters. The first-order chi connectivity index (χ1) is 10.4. The van der Waals surface area contributed by atoms with E-state index in [9.17, 15) is 0 Å². The highest BCUT2D eigenvalue weighted by molar-refractivity contribution is 7.16. The quantitative estimate of drug-likeness (QED) is 0.588. The molecule has 0 saturated heterocycles. The Bertz CT molecular complexity index is 769. The van der Waals surface area contributed by atoms with Crippen LogP contribution in [0.1, 0.15) is 12.0 Å². The number of rotatable bonds is 4. The van der Waals surface area contributed by atoms with Crippen molar-refractivity contribution in [3.05, 3.63) is 53.7 Å². The van der Waals surface area contributed by atoms with Crippen molar-refractivity contribution >= 4 is 27.4 Å². The lowest BCUT2D eigenvalue weighted by Crippen LogP contribution is -2.02. The SMILES string of the molecule is C(#CCc1ccccc1)CCNc1ncnc2sccc12. The second-order valence-corrected chi connectivity index (χ2v) is 5.45. The minimum absolute atomic E-state index is 0.795. The Kier molecular flexibility index (Phi) is 4.45. The van der Waals surface area contributed by atoms with E-state index in [0.717, 1.165) is 35.4 Å². The zero-order valence-electron chi connectivity index (χ0n) is 11.5. The van der Waals surface area contributed by atoms with Crippen LogP contribution in [0.15, 0.2) is 48.1 Å². The molecule has 0 saturated carbocycles. The van der Waals surface area contributed by atoms with Crippen molar-refractivity contribution in [3.63, 3.8) is 0 Å². The van der Waals surface area contributed by atoms with Gasteiger partial charge in [0.15, 0.2) is 0 Å². The maximum absolute atomic E-state index is 4.28. The van der Waals surface area contributed by atoms with Gasteiger partial charge in [-0.3, -0.25) is 0 Å². The number of nitrogens with zero attached hydrogens (tertiary/aromatic N) is 2. The van der Waals surface area contributed by atoms with E-state index < -0.39 is 0 Å². The summed E-state index contributed by atoms with van der Waals surface area (Å²) in [5.41, 5.74) is 1.26. The Morgan fingerprint density at radius 1 is 1.05 bits per heavy atom. The van der Waals surface area contributed by atoms with Crippen molar-refractivity contribution in [3.8, 4) is 11.8 Å². The second kappa shape index (κ2) is 6.87. The summed E-state index contributed by atoms with van der Waals surface area (Å²) in [5, 5.41) is 6.44. The first kappa shape index (κ1) is 13.6. The topological polar surface area (TPSA) is 37.8 Å². The summed E-state index contributed by atoms with van der Waals surface area (Å²) in [6, 6.07) is 12.3. The number of fused-ring (bicyclic) bond motifs is 1. The van der Waals surface area contributed by atoms with Crippen LogP contribution in [-0.4, -0.2) is 16.5 Å². The largest absolute Gasteiger partial charge is 0.368 e. The molecule has 0 radical (unpaired) electrons. The molecular formula is C17H15N3S. The molecule has 3 nitrogen and oxygen atoms in total. The summed E-state index contributed by atoms with van der Waals surface area (Å²) in [4.78, 5) is 9.53. The molecule has 0 fully saturated rings. The van der Waals surface area contributed by atoms with Gasteiger partial charge in [0.25, 0.3) is 0 Å². The number of hydrogen-bond acceptors (Lipinski definition) is 4. The summed E-state index contributed by atoms with van der Waals surface area (Å²) in [6.45, 7) is 0.795. The molecule has 3 rings (SSSR count). The summed E-state index contributed by atoms with van der Waals surface area (Å²) >= 11 is 1.63. The van der Waals surface area contributed by atoms with Gasteiger partial charge in [-0.2, -0.15) is 0 Å². The van der Waals surface area contributed by atoms with E-state index in [4.69, 9.17) is 0 Å². The number of thiophene rings is 1. The Balaban J connectivity index is 1.50. The van der Waals surface area contributed by atoms with Crippen molar-refractivity contribution in [2.45, 2.75) is 12.8 Å². The van der Waals surface area contributed by atoms with E-state index in [0.29, 0.717) is 0 Å². The molecule has 1 N–H and O–H groups in total. The van der Waals surface area contributed by atoms with Gasteiger partial charge in [-0.1, -0.05) is 36.3 Å². The first-order valence-corrected chi connectivity index (χ1v) is 7.73. The lowest BCUT2D eigenvalue weighted by molar-refractivity contribution is 1.07. The molecule has 104 valence electrons. The number of anilines is 1. The summed E-state index contributed by atoms with van der Waals surface area (Å²) in [5.74, 6) is 7.29. The highest BCUT2D eigenvalue weighted by Gasteiger charge is 2.02. The van der Waals surface area contributed by atoms with Gasteiger partial charge in [-0.15, -0.1) is 17.3 Å². The molecule has 0 aliphatic carbocycles. The van der Waals surface area contributed by atoms with Crippen LogP contribution in [0.4, 0.5) is 5.82 Å². The predicted octanol–water partition coefficient (Wildman–Crippen LogP) is 3.74. The molecule has 0 amide bonds. The molecule has 0 spiro atoms. The Morgan fingerprint density at radius 2 is 1.95 bits per heavy atom. The zero-order chi connectivity index (χ0) is 14.3. The van der Waals surface area contributed by atoms with E-state index >= 15 is 0 Å². The molecule has 0 aliphatic rings. The van der Waals surface area contributed by atoms with Crippen LogP contribution in [0.2, 0.25) is 0 Å². The lowest BCUT2D eigenvalue weighted by Gasteiger charge is -2.03. The van der Waals surface area contributed by atoms with Crippen molar-refractivity contribution in [2.75, 3.05) is 11.9 Å². The minimum atomic E-state index is 0.795. The van der Waals surface area contributed by atoms with E-state index in [-0.39, 0.29) is 0 Å². The van der Waals surface area contributed by atoms with Gasteiger partial charge in [0.2, 0.25) is 0 Å². The Labute approximate surface area is 128 Å². The van der Waals surface area contributed by atoms with Crippen molar-refractivity contribution in [1.82, 2.24) is 9.97 Å². The highest BCUT2D eigenvalue weighted by atomic mass is 32.1. The minimum Gasteiger partial charge on any atom is -0.368 e. The molecule has 21 heavy (non-hydrogen) atoms. The van der Waals surface area contributed by atoms with Crippen LogP contribution >= 0.6 is 11.3 Å². The fourth-order valence-electron chi connectivity index (χ4n) is 2.02. The van der Waals surface area contributed by atoms with Gasteiger partial charge in [0, 0.05) is 19.4 Å². The number of aromatic nitrogens is 2. The molecular weight excluding hydrogens is 278 g/mol. The van der Waals surface area contributed by atoms with Crippen LogP contribution in [-0.2, 0) is 6.42 Å². The lowest BCUT2D eigenvalue weighted by atomic mass is 10.1. The normalized spacial score (nSPS) is 10.1. The smallest absolute Gasteiger partial charge is 0.138 e. The van der Waals surface area contributed by atoms with Crippen LogP contribution in [0.25, 0.3) is 10.2 Å². The average molecular weight is 293 g/mol. The Morgan fingerprint density at radius 3 is 2.86 bits per heavy atom. The summed E-state index contributed by atoms with van der Waals surface area (Å²) < 4.78 is 0. The van der Waals surface area contributed by atoms with Gasteiger partial charge >= 0.3 is 0 Å². The van der Waals surface area contributed by atoms with Crippen molar-refractivity contribution < 1.29 is 0 Å². The standard InChI is InChI=1S/C17H15N3S/c1-3-7-14(8-4-1)9-5-2-6-11-18-16-15-10-12-21-17(15)20-13-19-16/h1,3-4,7-8,10,12-13H,6,9,11H2,(H,18,19,20). The third-order valence-electron chi connectivity index (χ3n) is 3.06. The number of benzene rings is 1. The molecule has 2 heterocycles. The van der Waals surface area contributed by atoms with Crippen LogP contribution in [0, 0.1) is 11.8 Å². The maximum atomic E-state index is 4.28. The number of nitrogens with one attached hydrogen (secondary N) is 1. The van der Waals surface area contributed by atoms with E-state index in [2.05, 4.69) is 39.3 Å². The van der Waals surface area contributed by atoms with Gasteiger partial charge in [0.1, 0.15) is 17.0 Å². The number of hydrogen-bond donors (Lipinski definition) is 1. The molecule has 3 aromatic rings. The van der Waals surface area contributed by atoms with Crippen molar-refractivity contribution in [1.29, 1.82) is 0 Å². The van der Waals surface area contributed by atoms with Gasteiger partial charge in [-0.05, 0) is 17.0 Å². The summed E-state index contributed by atoms with van der Waals surface area (Å²) in [6.07, 6.45) is 3.22. The molecule has 0 aliphatic heterocycles. The average Bonchev–Trinajstić information content (AvgIpc) is 3.01. The molecule has 4 heteroatoms. The monoisotopic (exact) mass is 293 g/mol. The fraction of sp³-hybridized carbons (Fsp3) is 0.176. The van der Waals surface area contributed by atoms with Gasteiger partial charge < -0.3 is 5.32 Å². The molecule has 1 aromatic carbocycles. The van der Waals surface area contributed by atoms with E-state index in [1.807, 2.05) is 29.6 Å². The maximum Gasteiger partial charge on any atom is 0.138 e. The van der Waals surface area contributed by atoms with Crippen LogP contribution in [0.3, 0.4) is 0 Å². The van der Waals surface area contributed by atoms with Crippen LogP contribution < -0.4 is 5.32 Å². The third-order valence-corrected chi connectivity index (χ3v) is 3.89. The first-order valence-electron chi connectivity index (χ1n) is 6.85. The highest BCUT2D eigenvalue weighted by Crippen LogP contribution is 2.23. The Hall–Kier alpha value is -2.38. The van der Waals surface area contributed by atoms with Crippen LogP contribution in [0.5, 0.6) is 0 Å². The molecule has 0 atom stereocenters. The second-order valence-electron chi connectivity index (χ2n) is 4.55. The summed E-state index contributed by atoms with van der Waals surface area (Å²) in [7, 11) is 0. The predicted molar refractivity (Wildman–Crippen MR) is 88.4 cm³/mol. The van der Waals surface area contributed by atoms with Gasteiger partial charge in [-0.25, -0.2) is 9.97 Å². The van der Waals surface area contributed by atoms with Gasteiger partial charge in [0.05, 0.1) is 5.39 Å².